The third kappa shape index (κ3) is 6.37. The SMILES string of the molecule is CC.CCOC(=O)/C(F)=C(C)/C=C/C(F)=C(/CC)c1cc2c(cc1O)C(C)(C)CCC2(C)CC. The summed E-state index contributed by atoms with van der Waals surface area (Å²) in [6.07, 6.45) is 5.69. The van der Waals surface area contributed by atoms with E-state index in [0.29, 0.717) is 17.6 Å². The number of aromatic hydroxyl groups is 1. The molecule has 1 N–H and O–H groups in total. The fraction of sp³-hybridized carbons (Fsp3) is 0.552. The average Bonchev–Trinajstić information content (AvgIpc) is 2.82. The number of halogens is 2. The Hall–Kier alpha value is -2.43. The fourth-order valence-electron chi connectivity index (χ4n) is 4.33. The van der Waals surface area contributed by atoms with Crippen LogP contribution in [0.3, 0.4) is 0 Å². The Morgan fingerprint density at radius 1 is 1.06 bits per heavy atom. The predicted molar refractivity (Wildman–Crippen MR) is 137 cm³/mol. The first kappa shape index (κ1) is 29.6. The van der Waals surface area contributed by atoms with E-state index < -0.39 is 17.6 Å². The normalized spacial score (nSPS) is 20.6. The van der Waals surface area contributed by atoms with E-state index in [1.807, 2.05) is 26.8 Å². The number of rotatable bonds is 7. The first-order valence-electron chi connectivity index (χ1n) is 12.4. The molecule has 34 heavy (non-hydrogen) atoms. The second kappa shape index (κ2) is 12.3. The van der Waals surface area contributed by atoms with Gasteiger partial charge in [0.25, 0.3) is 0 Å². The van der Waals surface area contributed by atoms with E-state index in [4.69, 9.17) is 0 Å². The third-order valence-corrected chi connectivity index (χ3v) is 6.84. The van der Waals surface area contributed by atoms with Gasteiger partial charge in [0.05, 0.1) is 6.61 Å². The summed E-state index contributed by atoms with van der Waals surface area (Å²) in [7, 11) is 0. The standard InChI is InChI=1S/C27H36F2O3.C2H6/c1-8-18(22(28)12-11-17(4)24(29)25(31)32-10-3)19-15-21-20(16-23(19)30)26(5,6)13-14-27(21,7)9-2;1-2/h11-12,15-16,30H,8-10,13-14H2,1-7H3;1-2H3/b12-11+,22-18+,24-17-;. The lowest BCUT2D eigenvalue weighted by atomic mass is 9.61. The second-order valence-corrected chi connectivity index (χ2v) is 9.44. The maximum Gasteiger partial charge on any atom is 0.367 e. The minimum atomic E-state index is -1.07. The molecule has 5 heteroatoms. The van der Waals surface area contributed by atoms with Crippen LogP contribution in [-0.4, -0.2) is 17.7 Å². The van der Waals surface area contributed by atoms with Crippen molar-refractivity contribution in [3.63, 3.8) is 0 Å². The van der Waals surface area contributed by atoms with Gasteiger partial charge in [-0.1, -0.05) is 54.5 Å². The topological polar surface area (TPSA) is 46.5 Å². The molecule has 1 aliphatic rings. The summed E-state index contributed by atoms with van der Waals surface area (Å²) in [5, 5.41) is 10.8. The van der Waals surface area contributed by atoms with Gasteiger partial charge in [-0.3, -0.25) is 0 Å². The highest BCUT2D eigenvalue weighted by Gasteiger charge is 2.39. The van der Waals surface area contributed by atoms with Crippen LogP contribution in [0.15, 0.2) is 41.5 Å². The Morgan fingerprint density at radius 3 is 2.21 bits per heavy atom. The van der Waals surface area contributed by atoms with Gasteiger partial charge < -0.3 is 9.84 Å². The highest BCUT2D eigenvalue weighted by atomic mass is 19.1. The molecule has 1 aromatic carbocycles. The molecule has 0 amide bonds. The molecule has 0 saturated heterocycles. The molecule has 1 atom stereocenters. The number of ether oxygens (including phenoxy) is 1. The van der Waals surface area contributed by atoms with Crippen LogP contribution < -0.4 is 0 Å². The van der Waals surface area contributed by atoms with Gasteiger partial charge in [0, 0.05) is 5.56 Å². The zero-order valence-electron chi connectivity index (χ0n) is 22.4. The van der Waals surface area contributed by atoms with Crippen LogP contribution in [0.4, 0.5) is 8.78 Å². The summed E-state index contributed by atoms with van der Waals surface area (Å²) in [5.41, 5.74) is 2.92. The van der Waals surface area contributed by atoms with Crippen LogP contribution in [-0.2, 0) is 20.4 Å². The molecular formula is C29H42F2O3. The van der Waals surface area contributed by atoms with Gasteiger partial charge in [-0.05, 0) is 90.8 Å². The minimum Gasteiger partial charge on any atom is -0.507 e. The highest BCUT2D eigenvalue weighted by molar-refractivity contribution is 5.87. The lowest BCUT2D eigenvalue weighted by molar-refractivity contribution is -0.140. The van der Waals surface area contributed by atoms with E-state index in [0.717, 1.165) is 36.5 Å². The van der Waals surface area contributed by atoms with Gasteiger partial charge in [0.15, 0.2) is 0 Å². The van der Waals surface area contributed by atoms with Crippen molar-refractivity contribution in [1.82, 2.24) is 0 Å². The van der Waals surface area contributed by atoms with E-state index in [-0.39, 0.29) is 28.8 Å². The van der Waals surface area contributed by atoms with Crippen molar-refractivity contribution in [1.29, 1.82) is 0 Å². The quantitative estimate of drug-likeness (QED) is 0.243. The molecule has 0 aliphatic heterocycles. The van der Waals surface area contributed by atoms with Gasteiger partial charge in [0.2, 0.25) is 5.83 Å². The van der Waals surface area contributed by atoms with Crippen LogP contribution in [0.1, 0.15) is 105 Å². The molecule has 0 fully saturated rings. The Labute approximate surface area is 204 Å². The van der Waals surface area contributed by atoms with E-state index in [1.165, 1.54) is 13.0 Å². The van der Waals surface area contributed by atoms with Gasteiger partial charge in [-0.25, -0.2) is 9.18 Å². The summed E-state index contributed by atoms with van der Waals surface area (Å²) >= 11 is 0. The summed E-state index contributed by atoms with van der Waals surface area (Å²) in [5.74, 6) is -2.65. The van der Waals surface area contributed by atoms with Gasteiger partial charge in [-0.15, -0.1) is 0 Å². The number of carbonyl (C=O) groups is 1. The lowest BCUT2D eigenvalue weighted by Gasteiger charge is -2.43. The van der Waals surface area contributed by atoms with Crippen LogP contribution in [0, 0.1) is 0 Å². The molecule has 1 aliphatic carbocycles. The largest absolute Gasteiger partial charge is 0.507 e. The van der Waals surface area contributed by atoms with Crippen molar-refractivity contribution in [2.45, 2.75) is 98.8 Å². The summed E-state index contributed by atoms with van der Waals surface area (Å²) in [6.45, 7) is 17.6. The molecule has 1 aromatic rings. The number of hydrogen-bond donors (Lipinski definition) is 1. The van der Waals surface area contributed by atoms with Crippen LogP contribution in [0.5, 0.6) is 5.75 Å². The molecule has 0 radical (unpaired) electrons. The van der Waals surface area contributed by atoms with E-state index in [1.54, 1.807) is 13.0 Å². The van der Waals surface area contributed by atoms with Gasteiger partial charge >= 0.3 is 5.97 Å². The second-order valence-electron chi connectivity index (χ2n) is 9.44. The summed E-state index contributed by atoms with van der Waals surface area (Å²) < 4.78 is 33.9. The Morgan fingerprint density at radius 2 is 1.68 bits per heavy atom. The monoisotopic (exact) mass is 476 g/mol. The van der Waals surface area contributed by atoms with E-state index in [2.05, 4.69) is 32.4 Å². The third-order valence-electron chi connectivity index (χ3n) is 6.84. The molecular weight excluding hydrogens is 434 g/mol. The molecule has 3 nitrogen and oxygen atoms in total. The number of fused-ring (bicyclic) bond motifs is 1. The van der Waals surface area contributed by atoms with Crippen molar-refractivity contribution in [2.75, 3.05) is 6.61 Å². The van der Waals surface area contributed by atoms with Crippen molar-refractivity contribution in [3.05, 3.63) is 58.2 Å². The number of hydrogen-bond acceptors (Lipinski definition) is 3. The number of benzene rings is 1. The number of esters is 1. The average molecular weight is 477 g/mol. The van der Waals surface area contributed by atoms with E-state index >= 15 is 4.39 Å². The number of carbonyl (C=O) groups excluding carboxylic acids is 1. The van der Waals surface area contributed by atoms with Crippen LogP contribution in [0.25, 0.3) is 5.57 Å². The smallest absolute Gasteiger partial charge is 0.367 e. The highest BCUT2D eigenvalue weighted by Crippen LogP contribution is 2.50. The summed E-state index contributed by atoms with van der Waals surface area (Å²) in [6, 6.07) is 3.72. The Kier molecular flexibility index (Phi) is 10.7. The van der Waals surface area contributed by atoms with Gasteiger partial charge in [0.1, 0.15) is 11.6 Å². The lowest BCUT2D eigenvalue weighted by Crippen LogP contribution is -2.35. The molecule has 2 rings (SSSR count). The van der Waals surface area contributed by atoms with E-state index in [9.17, 15) is 14.3 Å². The van der Waals surface area contributed by atoms with Crippen molar-refractivity contribution in [2.24, 2.45) is 0 Å². The van der Waals surface area contributed by atoms with Crippen molar-refractivity contribution in [3.8, 4) is 5.75 Å². The predicted octanol–water partition coefficient (Wildman–Crippen LogP) is 8.61. The molecule has 0 saturated carbocycles. The minimum absolute atomic E-state index is 0.0241. The van der Waals surface area contributed by atoms with Crippen molar-refractivity contribution >= 4 is 11.5 Å². The molecule has 0 spiro atoms. The Bertz CT molecular complexity index is 970. The number of phenolic OH excluding ortho intramolecular Hbond substituents is 1. The Balaban J connectivity index is 0.00000281. The number of phenols is 1. The zero-order chi connectivity index (χ0) is 26.3. The van der Waals surface area contributed by atoms with Crippen molar-refractivity contribution < 1.29 is 23.4 Å². The molecule has 0 aromatic heterocycles. The molecule has 190 valence electrons. The zero-order valence-corrected chi connectivity index (χ0v) is 22.4. The first-order chi connectivity index (χ1) is 15.9. The molecule has 0 heterocycles. The van der Waals surface area contributed by atoms with Crippen LogP contribution in [0.2, 0.25) is 0 Å². The maximum atomic E-state index is 15.2. The number of allylic oxidation sites excluding steroid dienone is 5. The maximum absolute atomic E-state index is 15.2. The molecule has 0 bridgehead atoms. The summed E-state index contributed by atoms with van der Waals surface area (Å²) in [4.78, 5) is 11.5. The van der Waals surface area contributed by atoms with Gasteiger partial charge in [-0.2, -0.15) is 4.39 Å². The fourth-order valence-corrected chi connectivity index (χ4v) is 4.33. The molecule has 1 unspecified atom stereocenters. The van der Waals surface area contributed by atoms with Crippen LogP contribution >= 0.6 is 0 Å². The first-order valence-corrected chi connectivity index (χ1v) is 12.4.